The molecule has 38 heavy (non-hydrogen) atoms. The van der Waals surface area contributed by atoms with Gasteiger partial charge in [-0.15, -0.1) is 0 Å². The Morgan fingerprint density at radius 1 is 1.08 bits per heavy atom. The summed E-state index contributed by atoms with van der Waals surface area (Å²) in [7, 11) is 0. The zero-order valence-corrected chi connectivity index (χ0v) is 26.5. The molecule has 6 nitrogen and oxygen atoms in total. The number of aromatic nitrogens is 2. The van der Waals surface area contributed by atoms with Crippen LogP contribution in [-0.4, -0.2) is 22.5 Å². The largest absolute Gasteiger partial charge is 0.490 e. The first-order valence-corrected chi connectivity index (χ1v) is 14.8. The highest BCUT2D eigenvalue weighted by Gasteiger charge is 2.19. The van der Waals surface area contributed by atoms with Crippen LogP contribution in [0.2, 0.25) is 5.02 Å². The van der Waals surface area contributed by atoms with Gasteiger partial charge in [0.2, 0.25) is 0 Å². The third kappa shape index (κ3) is 6.17. The second kappa shape index (κ2) is 12.8. The minimum Gasteiger partial charge on any atom is -0.490 e. The Morgan fingerprint density at radius 3 is 2.55 bits per heavy atom. The molecule has 1 heterocycles. The molecule has 0 spiro atoms. The van der Waals surface area contributed by atoms with Crippen molar-refractivity contribution in [1.82, 2.24) is 9.66 Å². The molecule has 4 aromatic rings. The summed E-state index contributed by atoms with van der Waals surface area (Å²) in [4.78, 5) is 18.3. The van der Waals surface area contributed by atoms with E-state index in [0.717, 1.165) is 16.5 Å². The first kappa shape index (κ1) is 28.8. The van der Waals surface area contributed by atoms with E-state index >= 15 is 0 Å². The van der Waals surface area contributed by atoms with Crippen molar-refractivity contribution in [3.8, 4) is 11.5 Å². The summed E-state index contributed by atoms with van der Waals surface area (Å²) in [5.74, 6) is 1.70. The van der Waals surface area contributed by atoms with Gasteiger partial charge in [-0.1, -0.05) is 59.6 Å². The molecule has 1 atom stereocenters. The Kier molecular flexibility index (Phi) is 9.68. The van der Waals surface area contributed by atoms with Gasteiger partial charge in [-0.25, -0.2) is 4.98 Å². The van der Waals surface area contributed by atoms with Crippen molar-refractivity contribution in [2.45, 2.75) is 39.7 Å². The summed E-state index contributed by atoms with van der Waals surface area (Å²) in [5, 5.41) is 5.72. The molecular formula is C28H25Br3ClN3O3. The number of hydrogen-bond donors (Lipinski definition) is 0. The molecule has 0 fully saturated rings. The van der Waals surface area contributed by atoms with Gasteiger partial charge < -0.3 is 9.47 Å². The van der Waals surface area contributed by atoms with Crippen LogP contribution in [0.3, 0.4) is 0 Å². The SMILES string of the molecule is CCOc1cc(C=Nn2c([C@@H](C)CC)nc3ccc(Br)cc3c2=O)c(Br)c(Br)c1OCc1ccccc1Cl. The maximum absolute atomic E-state index is 13.5. The fraction of sp³-hybridized carbons (Fsp3) is 0.250. The van der Waals surface area contributed by atoms with Crippen molar-refractivity contribution in [1.29, 1.82) is 0 Å². The second-order valence-electron chi connectivity index (χ2n) is 8.54. The highest BCUT2D eigenvalue weighted by molar-refractivity contribution is 9.13. The smallest absolute Gasteiger partial charge is 0.282 e. The highest BCUT2D eigenvalue weighted by Crippen LogP contribution is 2.43. The van der Waals surface area contributed by atoms with E-state index in [4.69, 9.17) is 26.1 Å². The van der Waals surface area contributed by atoms with Crippen molar-refractivity contribution in [2.24, 2.45) is 5.10 Å². The summed E-state index contributed by atoms with van der Waals surface area (Å²) >= 11 is 17.0. The van der Waals surface area contributed by atoms with Crippen LogP contribution < -0.4 is 15.0 Å². The van der Waals surface area contributed by atoms with Crippen molar-refractivity contribution in [2.75, 3.05) is 6.61 Å². The third-order valence-corrected chi connectivity index (χ3v) is 8.99. The summed E-state index contributed by atoms with van der Waals surface area (Å²) in [6.45, 7) is 6.69. The number of nitrogens with zero attached hydrogens (tertiary/aromatic N) is 3. The molecular weight excluding hydrogens is 701 g/mol. The van der Waals surface area contributed by atoms with Crippen molar-refractivity contribution in [3.63, 3.8) is 0 Å². The van der Waals surface area contributed by atoms with Crippen LogP contribution in [-0.2, 0) is 6.61 Å². The molecule has 1 aromatic heterocycles. The molecule has 0 amide bonds. The van der Waals surface area contributed by atoms with E-state index in [0.29, 0.717) is 54.4 Å². The lowest BCUT2D eigenvalue weighted by Gasteiger charge is -2.17. The van der Waals surface area contributed by atoms with E-state index in [9.17, 15) is 4.79 Å². The molecule has 0 bridgehead atoms. The Morgan fingerprint density at radius 2 is 1.84 bits per heavy atom. The molecule has 0 saturated carbocycles. The lowest BCUT2D eigenvalue weighted by atomic mass is 10.1. The van der Waals surface area contributed by atoms with E-state index in [-0.39, 0.29) is 18.1 Å². The van der Waals surface area contributed by atoms with Gasteiger partial charge in [0.05, 0.1) is 28.2 Å². The molecule has 10 heteroatoms. The lowest BCUT2D eigenvalue weighted by Crippen LogP contribution is -2.23. The Labute approximate surface area is 251 Å². The molecule has 0 N–H and O–H groups in total. The first-order chi connectivity index (χ1) is 18.2. The Hall–Kier alpha value is -2.20. The number of halogens is 4. The van der Waals surface area contributed by atoms with E-state index in [1.807, 2.05) is 56.3 Å². The van der Waals surface area contributed by atoms with E-state index in [1.165, 1.54) is 4.68 Å². The van der Waals surface area contributed by atoms with Gasteiger partial charge in [0.1, 0.15) is 12.4 Å². The normalized spacial score (nSPS) is 12.3. The van der Waals surface area contributed by atoms with E-state index in [2.05, 4.69) is 59.8 Å². The van der Waals surface area contributed by atoms with E-state index < -0.39 is 0 Å². The average Bonchev–Trinajstić information content (AvgIpc) is 2.91. The number of ether oxygens (including phenoxy) is 2. The zero-order chi connectivity index (χ0) is 27.4. The highest BCUT2D eigenvalue weighted by atomic mass is 79.9. The molecule has 4 rings (SSSR count). The van der Waals surface area contributed by atoms with Gasteiger partial charge in [0.15, 0.2) is 11.5 Å². The van der Waals surface area contributed by atoms with Crippen molar-refractivity contribution < 1.29 is 9.47 Å². The van der Waals surface area contributed by atoms with Gasteiger partial charge >= 0.3 is 0 Å². The Balaban J connectivity index is 1.77. The molecule has 0 radical (unpaired) electrons. The van der Waals surface area contributed by atoms with Gasteiger partial charge in [0.25, 0.3) is 5.56 Å². The van der Waals surface area contributed by atoms with Crippen molar-refractivity contribution >= 4 is 76.5 Å². The van der Waals surface area contributed by atoms with Gasteiger partial charge in [-0.05, 0) is 75.5 Å². The monoisotopic (exact) mass is 723 g/mol. The minimum atomic E-state index is -0.234. The fourth-order valence-corrected chi connectivity index (χ4v) is 5.25. The zero-order valence-electron chi connectivity index (χ0n) is 21.0. The Bertz CT molecular complexity index is 1570. The topological polar surface area (TPSA) is 65.7 Å². The van der Waals surface area contributed by atoms with Crippen LogP contribution in [0.4, 0.5) is 0 Å². The quantitative estimate of drug-likeness (QED) is 0.162. The number of benzene rings is 3. The van der Waals surface area contributed by atoms with E-state index in [1.54, 1.807) is 12.3 Å². The molecule has 3 aromatic carbocycles. The molecule has 0 aliphatic heterocycles. The molecule has 0 aliphatic rings. The van der Waals surface area contributed by atoms with Crippen LogP contribution in [0.5, 0.6) is 11.5 Å². The van der Waals surface area contributed by atoms with Gasteiger partial charge in [0, 0.05) is 31.0 Å². The predicted molar refractivity (Wildman–Crippen MR) is 164 cm³/mol. The standard InChI is InChI=1S/C28H25Br3ClN3O3/c1-4-16(3)27-34-22-11-10-19(29)13-20(22)28(36)35(27)33-14-18-12-23(37-5-2)26(25(31)24(18)30)38-15-17-8-6-7-9-21(17)32/h6-14,16H,4-5,15H2,1-3H3/t16-/m0/s1. The first-order valence-electron chi connectivity index (χ1n) is 12.0. The maximum atomic E-state index is 13.5. The van der Waals surface area contributed by atoms with Crippen LogP contribution in [0.25, 0.3) is 10.9 Å². The minimum absolute atomic E-state index is 0.0302. The maximum Gasteiger partial charge on any atom is 0.282 e. The summed E-state index contributed by atoms with van der Waals surface area (Å²) in [5.41, 5.74) is 1.96. The van der Waals surface area contributed by atoms with Crippen LogP contribution >= 0.6 is 59.4 Å². The second-order valence-corrected chi connectivity index (χ2v) is 11.4. The van der Waals surface area contributed by atoms with Crippen LogP contribution in [0.15, 0.2) is 71.8 Å². The molecule has 0 aliphatic carbocycles. The number of fused-ring (bicyclic) bond motifs is 1. The van der Waals surface area contributed by atoms with Gasteiger partial charge in [-0.2, -0.15) is 9.78 Å². The lowest BCUT2D eigenvalue weighted by molar-refractivity contribution is 0.267. The third-order valence-electron chi connectivity index (χ3n) is 5.98. The van der Waals surface area contributed by atoms with Crippen molar-refractivity contribution in [3.05, 3.63) is 94.3 Å². The van der Waals surface area contributed by atoms with Crippen LogP contribution in [0.1, 0.15) is 50.1 Å². The fourth-order valence-electron chi connectivity index (χ4n) is 3.76. The predicted octanol–water partition coefficient (Wildman–Crippen LogP) is 8.71. The summed E-state index contributed by atoms with van der Waals surface area (Å²) < 4.78 is 15.6. The average molecular weight is 727 g/mol. The molecule has 0 saturated heterocycles. The molecule has 198 valence electrons. The number of rotatable bonds is 9. The number of hydrogen-bond acceptors (Lipinski definition) is 5. The van der Waals surface area contributed by atoms with Crippen LogP contribution in [0, 0.1) is 0 Å². The summed E-state index contributed by atoms with van der Waals surface area (Å²) in [6, 6.07) is 14.8. The summed E-state index contributed by atoms with van der Waals surface area (Å²) in [6.07, 6.45) is 2.43. The van der Waals surface area contributed by atoms with Gasteiger partial charge in [-0.3, -0.25) is 4.79 Å². The molecule has 0 unspecified atom stereocenters.